The van der Waals surface area contributed by atoms with Gasteiger partial charge in [0.25, 0.3) is 0 Å². The third-order valence-corrected chi connectivity index (χ3v) is 19.2. The third-order valence-electron chi connectivity index (χ3n) is 19.2. The molecule has 0 saturated carbocycles. The van der Waals surface area contributed by atoms with Crippen molar-refractivity contribution < 1.29 is 89.4 Å². The zero-order valence-electron chi connectivity index (χ0n) is 58.7. The maximum atomic E-state index is 13.4. The first-order chi connectivity index (χ1) is 45.8. The Morgan fingerprint density at radius 3 is 1.06 bits per heavy atom. The monoisotopic (exact) mass is 1340 g/mol. The Balaban J connectivity index is 1.41. The van der Waals surface area contributed by atoms with E-state index in [1.54, 1.807) is 6.08 Å². The Morgan fingerprint density at radius 2 is 0.681 bits per heavy atom. The van der Waals surface area contributed by atoms with Gasteiger partial charge in [-0.05, 0) is 57.8 Å². The molecule has 17 unspecified atom stereocenters. The minimum atomic E-state index is -1.98. The molecule has 12 N–H and O–H groups in total. The fraction of sp³-hybridized carbons (Fsp3) is 0.907. The Kier molecular flexibility index (Phi) is 52.0. The fourth-order valence-corrected chi connectivity index (χ4v) is 13.0. The number of allylic oxidation sites excluding steroid dienone is 5. The molecule has 552 valence electrons. The summed E-state index contributed by atoms with van der Waals surface area (Å²) in [6, 6.07) is -0.990. The molecule has 3 aliphatic rings. The van der Waals surface area contributed by atoms with Gasteiger partial charge >= 0.3 is 0 Å². The third kappa shape index (κ3) is 37.4. The van der Waals surface area contributed by atoms with Crippen molar-refractivity contribution in [2.24, 2.45) is 0 Å². The van der Waals surface area contributed by atoms with Gasteiger partial charge in [-0.15, -0.1) is 0 Å². The number of carbonyl (C=O) groups is 1. The van der Waals surface area contributed by atoms with Gasteiger partial charge in [-0.1, -0.05) is 275 Å². The molecule has 17 atom stereocenters. The summed E-state index contributed by atoms with van der Waals surface area (Å²) in [6.07, 6.45) is 41.3. The molecule has 3 saturated heterocycles. The fourth-order valence-electron chi connectivity index (χ4n) is 13.0. The number of amides is 1. The lowest BCUT2D eigenvalue weighted by Crippen LogP contribution is -2.66. The lowest BCUT2D eigenvalue weighted by atomic mass is 9.96. The van der Waals surface area contributed by atoms with E-state index in [2.05, 4.69) is 43.5 Å². The molecule has 3 rings (SSSR count). The van der Waals surface area contributed by atoms with Crippen LogP contribution >= 0.6 is 0 Å². The lowest BCUT2D eigenvalue weighted by Gasteiger charge is -2.48. The summed E-state index contributed by atoms with van der Waals surface area (Å²) in [6.45, 7) is 1.76. The van der Waals surface area contributed by atoms with Gasteiger partial charge in [-0.25, -0.2) is 0 Å². The van der Waals surface area contributed by atoms with Gasteiger partial charge in [0, 0.05) is 6.42 Å². The van der Waals surface area contributed by atoms with Gasteiger partial charge < -0.3 is 89.9 Å². The molecule has 3 heterocycles. The molecule has 19 heteroatoms. The molecule has 0 aromatic heterocycles. The van der Waals surface area contributed by atoms with E-state index in [4.69, 9.17) is 28.4 Å². The predicted octanol–water partition coefficient (Wildman–Crippen LogP) is 11.6. The molecule has 3 fully saturated rings. The van der Waals surface area contributed by atoms with Gasteiger partial charge in [-0.3, -0.25) is 4.79 Å². The van der Waals surface area contributed by atoms with Crippen LogP contribution in [-0.4, -0.2) is 193 Å². The van der Waals surface area contributed by atoms with Gasteiger partial charge in [0.2, 0.25) is 5.91 Å². The number of hydrogen-bond donors (Lipinski definition) is 12. The lowest BCUT2D eigenvalue weighted by molar-refractivity contribution is -0.379. The maximum Gasteiger partial charge on any atom is 0.220 e. The average molecular weight is 1340 g/mol. The van der Waals surface area contributed by atoms with Crippen LogP contribution in [0, 0.1) is 0 Å². The van der Waals surface area contributed by atoms with Crippen LogP contribution in [0.25, 0.3) is 0 Å². The number of ether oxygens (including phenoxy) is 6. The molecule has 0 aromatic carbocycles. The van der Waals surface area contributed by atoms with Crippen molar-refractivity contribution in [1.29, 1.82) is 0 Å². The van der Waals surface area contributed by atoms with Gasteiger partial charge in [0.15, 0.2) is 18.9 Å². The Hall–Kier alpha value is -1.99. The molecule has 0 aromatic rings. The first-order valence-electron chi connectivity index (χ1n) is 38.2. The number of aliphatic hydroxyl groups is 11. The van der Waals surface area contributed by atoms with Crippen LogP contribution in [0.4, 0.5) is 0 Å². The van der Waals surface area contributed by atoms with Gasteiger partial charge in [0.05, 0.1) is 38.6 Å². The van der Waals surface area contributed by atoms with Crippen LogP contribution in [-0.2, 0) is 33.2 Å². The van der Waals surface area contributed by atoms with E-state index in [-0.39, 0.29) is 18.9 Å². The van der Waals surface area contributed by atoms with E-state index in [1.807, 2.05) is 6.08 Å². The zero-order chi connectivity index (χ0) is 68.2. The first-order valence-corrected chi connectivity index (χ1v) is 38.2. The summed E-state index contributed by atoms with van der Waals surface area (Å²) < 4.78 is 34.4. The summed E-state index contributed by atoms with van der Waals surface area (Å²) in [5, 5.41) is 121. The second-order valence-electron chi connectivity index (χ2n) is 27.5. The van der Waals surface area contributed by atoms with E-state index in [9.17, 15) is 61.0 Å². The van der Waals surface area contributed by atoms with Crippen molar-refractivity contribution in [3.63, 3.8) is 0 Å². The highest BCUT2D eigenvalue weighted by atomic mass is 16.8. The quantitative estimate of drug-likeness (QED) is 0.0199. The van der Waals surface area contributed by atoms with E-state index in [0.29, 0.717) is 12.8 Å². The highest BCUT2D eigenvalue weighted by Gasteiger charge is 2.53. The average Bonchev–Trinajstić information content (AvgIpc) is 0.787. The number of rotatable bonds is 60. The number of aliphatic hydroxyl groups excluding tert-OH is 11. The molecule has 0 radical (unpaired) electrons. The van der Waals surface area contributed by atoms with E-state index >= 15 is 0 Å². The normalized spacial score (nSPS) is 27.5. The summed E-state index contributed by atoms with van der Waals surface area (Å²) in [7, 11) is 0. The highest BCUT2D eigenvalue weighted by Crippen LogP contribution is 2.33. The van der Waals surface area contributed by atoms with Crippen LogP contribution in [0.2, 0.25) is 0 Å². The van der Waals surface area contributed by atoms with Crippen LogP contribution in [0.15, 0.2) is 36.5 Å². The van der Waals surface area contributed by atoms with Gasteiger partial charge in [0.1, 0.15) is 73.2 Å². The number of carbonyl (C=O) groups excluding carboxylic acids is 1. The van der Waals surface area contributed by atoms with Crippen molar-refractivity contribution in [3.8, 4) is 0 Å². The Bertz CT molecular complexity index is 1840. The summed E-state index contributed by atoms with van der Waals surface area (Å²) in [5.74, 6) is -0.281. The molecule has 94 heavy (non-hydrogen) atoms. The smallest absolute Gasteiger partial charge is 0.220 e. The topological polar surface area (TPSA) is 307 Å². The second kappa shape index (κ2) is 56.7. The standard InChI is InChI=1S/C75H139NO18/c1-3-5-7-9-11-13-15-17-19-21-23-25-27-28-29-30-31-33-35-37-39-41-43-45-47-49-51-53-63(81)76-58(59(80)52-50-48-46-44-42-40-38-36-34-32-26-24-22-20-18-16-14-12-10-8-6-4-2)57-89-73-69(87)66(84)71(61(55-78)91-73)94-75-70(88)67(85)72(62(56-79)92-75)93-74-68(86)65(83)64(82)60(54-77)90-74/h21,23,42,44,50,52,58-62,64-75,77-80,82-88H,3-20,22,24-41,43,45-49,51,53-57H2,1-2H3,(H,76,81)/b23-21-,44-42+,52-50+. The molecule has 19 nitrogen and oxygen atoms in total. The zero-order valence-corrected chi connectivity index (χ0v) is 58.7. The molecule has 0 aliphatic carbocycles. The van der Waals surface area contributed by atoms with Gasteiger partial charge in [-0.2, -0.15) is 0 Å². The molecule has 0 spiro atoms. The van der Waals surface area contributed by atoms with Crippen molar-refractivity contribution in [2.45, 2.75) is 407 Å². The summed E-state index contributed by atoms with van der Waals surface area (Å²) >= 11 is 0. The molecule has 0 bridgehead atoms. The Labute approximate surface area is 568 Å². The molecular weight excluding hydrogens is 1200 g/mol. The molecule has 1 amide bonds. The second-order valence-corrected chi connectivity index (χ2v) is 27.5. The van der Waals surface area contributed by atoms with E-state index in [1.165, 1.54) is 231 Å². The van der Waals surface area contributed by atoms with Crippen molar-refractivity contribution in [3.05, 3.63) is 36.5 Å². The van der Waals surface area contributed by atoms with Crippen LogP contribution < -0.4 is 5.32 Å². The number of unbranched alkanes of at least 4 members (excludes halogenated alkanes) is 40. The predicted molar refractivity (Wildman–Crippen MR) is 369 cm³/mol. The number of hydrogen-bond acceptors (Lipinski definition) is 18. The Morgan fingerprint density at radius 1 is 0.372 bits per heavy atom. The maximum absolute atomic E-state index is 13.4. The molecular formula is C75H139NO18. The van der Waals surface area contributed by atoms with E-state index in [0.717, 1.165) is 38.5 Å². The van der Waals surface area contributed by atoms with Crippen LogP contribution in [0.3, 0.4) is 0 Å². The molecule has 3 aliphatic heterocycles. The highest BCUT2D eigenvalue weighted by molar-refractivity contribution is 5.76. The minimum absolute atomic E-state index is 0.238. The van der Waals surface area contributed by atoms with Crippen molar-refractivity contribution >= 4 is 5.91 Å². The number of nitrogens with one attached hydrogen (secondary N) is 1. The first kappa shape index (κ1) is 86.2. The van der Waals surface area contributed by atoms with Crippen molar-refractivity contribution in [1.82, 2.24) is 5.32 Å². The minimum Gasteiger partial charge on any atom is -0.394 e. The summed E-state index contributed by atoms with van der Waals surface area (Å²) in [5.41, 5.74) is 0. The largest absolute Gasteiger partial charge is 0.394 e. The van der Waals surface area contributed by atoms with E-state index < -0.39 is 124 Å². The summed E-state index contributed by atoms with van der Waals surface area (Å²) in [4.78, 5) is 13.4. The van der Waals surface area contributed by atoms with Crippen LogP contribution in [0.1, 0.15) is 303 Å². The SMILES string of the molecule is CCCCCCCCCC/C=C\CCCCCCCCCCCCCCCCCC(=O)NC(COC1OC(CO)C(OC2OC(CO)C(OC3OC(CO)C(O)C(O)C3O)C(O)C2O)C(O)C1O)C(O)/C=C/CC/C=C/CCCCCCCCCCCCCCCCCC. The van der Waals surface area contributed by atoms with Crippen LogP contribution in [0.5, 0.6) is 0 Å². The van der Waals surface area contributed by atoms with Crippen molar-refractivity contribution in [2.75, 3.05) is 26.4 Å².